The van der Waals surface area contributed by atoms with E-state index in [0.717, 1.165) is 28.9 Å². The molecular weight excluding hydrogens is 361 g/mol. The van der Waals surface area contributed by atoms with E-state index in [2.05, 4.69) is 10.6 Å². The third kappa shape index (κ3) is 2.93. The fourth-order valence-electron chi connectivity index (χ4n) is 4.02. The Labute approximate surface area is 161 Å². The Bertz CT molecular complexity index is 991. The lowest BCUT2D eigenvalue weighted by Crippen LogP contribution is -2.47. The Morgan fingerprint density at radius 1 is 1.25 bits per heavy atom. The SMILES string of the molecule is Cc1ccc(F)cc1NC(=O)CN1C(=O)N[C@]2(CCCc3ccccc32)C1=O. The van der Waals surface area contributed by atoms with Gasteiger partial charge in [-0.05, 0) is 55.0 Å². The van der Waals surface area contributed by atoms with Gasteiger partial charge in [0, 0.05) is 5.69 Å². The second-order valence-electron chi connectivity index (χ2n) is 7.24. The van der Waals surface area contributed by atoms with Gasteiger partial charge in [0.25, 0.3) is 5.91 Å². The van der Waals surface area contributed by atoms with Crippen molar-refractivity contribution in [3.05, 3.63) is 65.0 Å². The maximum atomic E-state index is 13.4. The maximum absolute atomic E-state index is 13.4. The van der Waals surface area contributed by atoms with E-state index >= 15 is 0 Å². The zero-order valence-corrected chi connectivity index (χ0v) is 15.4. The summed E-state index contributed by atoms with van der Waals surface area (Å²) in [5.41, 5.74) is 1.72. The molecule has 7 heteroatoms. The van der Waals surface area contributed by atoms with Crippen LogP contribution in [-0.4, -0.2) is 29.3 Å². The number of hydrogen-bond donors (Lipinski definition) is 2. The fourth-order valence-corrected chi connectivity index (χ4v) is 4.02. The minimum absolute atomic E-state index is 0.315. The quantitative estimate of drug-likeness (QED) is 0.803. The number of carbonyl (C=O) groups is 3. The van der Waals surface area contributed by atoms with Crippen molar-refractivity contribution >= 4 is 23.5 Å². The number of halogens is 1. The van der Waals surface area contributed by atoms with Crippen molar-refractivity contribution in [3.63, 3.8) is 0 Å². The third-order valence-electron chi connectivity index (χ3n) is 5.43. The van der Waals surface area contributed by atoms with E-state index in [1.54, 1.807) is 13.0 Å². The van der Waals surface area contributed by atoms with Crippen LogP contribution >= 0.6 is 0 Å². The van der Waals surface area contributed by atoms with Gasteiger partial charge in [0.1, 0.15) is 17.9 Å². The molecule has 6 nitrogen and oxygen atoms in total. The smallest absolute Gasteiger partial charge is 0.324 e. The summed E-state index contributed by atoms with van der Waals surface area (Å²) in [4.78, 5) is 39.1. The number of imide groups is 1. The number of benzene rings is 2. The zero-order chi connectivity index (χ0) is 19.9. The first-order chi connectivity index (χ1) is 13.4. The summed E-state index contributed by atoms with van der Waals surface area (Å²) in [5.74, 6) is -1.46. The van der Waals surface area contributed by atoms with Gasteiger partial charge in [0.05, 0.1) is 0 Å². The fraction of sp³-hybridized carbons (Fsp3) is 0.286. The number of urea groups is 1. The number of aryl methyl sites for hydroxylation is 2. The Kier molecular flexibility index (Phi) is 4.37. The highest BCUT2D eigenvalue weighted by Crippen LogP contribution is 2.39. The number of rotatable bonds is 3. The summed E-state index contributed by atoms with van der Waals surface area (Å²) in [6.45, 7) is 1.31. The molecule has 1 aliphatic heterocycles. The van der Waals surface area contributed by atoms with Gasteiger partial charge < -0.3 is 10.6 Å². The second-order valence-corrected chi connectivity index (χ2v) is 7.24. The van der Waals surface area contributed by atoms with Gasteiger partial charge in [0.2, 0.25) is 5.91 Å². The van der Waals surface area contributed by atoms with E-state index in [4.69, 9.17) is 0 Å². The second kappa shape index (κ2) is 6.74. The lowest BCUT2D eigenvalue weighted by molar-refractivity contribution is -0.134. The van der Waals surface area contributed by atoms with Gasteiger partial charge in [0.15, 0.2) is 0 Å². The van der Waals surface area contributed by atoms with Crippen LogP contribution in [0.25, 0.3) is 0 Å². The molecule has 4 rings (SSSR count). The summed E-state index contributed by atoms with van der Waals surface area (Å²) in [6.07, 6.45) is 2.11. The minimum atomic E-state index is -1.11. The summed E-state index contributed by atoms with van der Waals surface area (Å²) >= 11 is 0. The Balaban J connectivity index is 1.56. The van der Waals surface area contributed by atoms with Gasteiger partial charge in [-0.15, -0.1) is 0 Å². The standard InChI is InChI=1S/C21H20FN3O3/c1-13-8-9-15(22)11-17(13)23-18(26)12-25-19(27)21(24-20(25)28)10-4-6-14-5-2-3-7-16(14)21/h2-3,5,7-9,11H,4,6,10,12H2,1H3,(H,23,26)(H,24,28)/t21-/m0/s1. The molecular formula is C21H20FN3O3. The minimum Gasteiger partial charge on any atom is -0.324 e. The van der Waals surface area contributed by atoms with Gasteiger partial charge in [-0.3, -0.25) is 14.5 Å². The van der Waals surface area contributed by atoms with Crippen LogP contribution in [-0.2, 0) is 21.5 Å². The normalized spacial score (nSPS) is 20.9. The number of nitrogens with zero attached hydrogens (tertiary/aromatic N) is 1. The van der Waals surface area contributed by atoms with Crippen molar-refractivity contribution in [1.29, 1.82) is 0 Å². The van der Waals surface area contributed by atoms with Gasteiger partial charge in [-0.1, -0.05) is 30.3 Å². The molecule has 4 amide bonds. The van der Waals surface area contributed by atoms with Crippen LogP contribution < -0.4 is 10.6 Å². The van der Waals surface area contributed by atoms with Crippen LogP contribution in [0, 0.1) is 12.7 Å². The number of amides is 4. The average Bonchev–Trinajstić information content (AvgIpc) is 2.90. The molecule has 1 aliphatic carbocycles. The largest absolute Gasteiger partial charge is 0.325 e. The molecule has 144 valence electrons. The highest BCUT2D eigenvalue weighted by molar-refractivity contribution is 6.10. The van der Waals surface area contributed by atoms with Gasteiger partial charge >= 0.3 is 6.03 Å². The first-order valence-electron chi connectivity index (χ1n) is 9.19. The molecule has 1 saturated heterocycles. The van der Waals surface area contributed by atoms with Crippen LogP contribution in [0.5, 0.6) is 0 Å². The molecule has 2 aromatic carbocycles. The first-order valence-corrected chi connectivity index (χ1v) is 9.19. The van der Waals surface area contributed by atoms with E-state index in [1.165, 1.54) is 12.1 Å². The highest BCUT2D eigenvalue weighted by atomic mass is 19.1. The number of carbonyl (C=O) groups excluding carboxylic acids is 3. The Morgan fingerprint density at radius 2 is 2.04 bits per heavy atom. The summed E-state index contributed by atoms with van der Waals surface area (Å²) in [7, 11) is 0. The molecule has 2 aromatic rings. The van der Waals surface area contributed by atoms with Crippen LogP contribution in [0.3, 0.4) is 0 Å². The summed E-state index contributed by atoms with van der Waals surface area (Å²) in [6, 6.07) is 11.0. The van der Waals surface area contributed by atoms with Crippen LogP contribution in [0.15, 0.2) is 42.5 Å². The molecule has 1 fully saturated rings. The van der Waals surface area contributed by atoms with E-state index in [0.29, 0.717) is 17.7 Å². The van der Waals surface area contributed by atoms with Gasteiger partial charge in [-0.2, -0.15) is 0 Å². The van der Waals surface area contributed by atoms with Crippen LogP contribution in [0.4, 0.5) is 14.9 Å². The zero-order valence-electron chi connectivity index (χ0n) is 15.4. The number of hydrogen-bond acceptors (Lipinski definition) is 3. The van der Waals surface area contributed by atoms with Crippen LogP contribution in [0.1, 0.15) is 29.5 Å². The van der Waals surface area contributed by atoms with Crippen LogP contribution in [0.2, 0.25) is 0 Å². The summed E-state index contributed by atoms with van der Waals surface area (Å²) in [5, 5.41) is 5.39. The molecule has 0 bridgehead atoms. The Hall–Kier alpha value is -3.22. The van der Waals surface area contributed by atoms with E-state index in [-0.39, 0.29) is 0 Å². The van der Waals surface area contributed by atoms with Crippen molar-refractivity contribution in [2.24, 2.45) is 0 Å². The molecule has 0 saturated carbocycles. The highest BCUT2D eigenvalue weighted by Gasteiger charge is 2.54. The molecule has 1 atom stereocenters. The van der Waals surface area contributed by atoms with Crippen molar-refractivity contribution < 1.29 is 18.8 Å². The molecule has 0 radical (unpaired) electrons. The molecule has 0 aromatic heterocycles. The Morgan fingerprint density at radius 3 is 2.86 bits per heavy atom. The van der Waals surface area contributed by atoms with E-state index < -0.39 is 35.7 Å². The van der Waals surface area contributed by atoms with Gasteiger partial charge in [-0.25, -0.2) is 9.18 Å². The molecule has 2 aliphatic rings. The molecule has 0 unspecified atom stereocenters. The summed E-state index contributed by atoms with van der Waals surface area (Å²) < 4.78 is 13.4. The predicted octanol–water partition coefficient (Wildman–Crippen LogP) is 2.86. The molecule has 28 heavy (non-hydrogen) atoms. The van der Waals surface area contributed by atoms with Crippen molar-refractivity contribution in [2.45, 2.75) is 31.7 Å². The molecule has 1 heterocycles. The lowest BCUT2D eigenvalue weighted by atomic mass is 9.76. The van der Waals surface area contributed by atoms with Crippen molar-refractivity contribution in [2.75, 3.05) is 11.9 Å². The topological polar surface area (TPSA) is 78.5 Å². The average molecular weight is 381 g/mol. The maximum Gasteiger partial charge on any atom is 0.325 e. The third-order valence-corrected chi connectivity index (χ3v) is 5.43. The lowest BCUT2D eigenvalue weighted by Gasteiger charge is -2.33. The predicted molar refractivity (Wildman–Crippen MR) is 101 cm³/mol. The van der Waals surface area contributed by atoms with Crippen molar-refractivity contribution in [3.8, 4) is 0 Å². The van der Waals surface area contributed by atoms with E-state index in [1.807, 2.05) is 24.3 Å². The van der Waals surface area contributed by atoms with E-state index in [9.17, 15) is 18.8 Å². The van der Waals surface area contributed by atoms with Crippen molar-refractivity contribution in [1.82, 2.24) is 10.2 Å². The number of fused-ring (bicyclic) bond motifs is 2. The molecule has 2 N–H and O–H groups in total. The first kappa shape index (κ1) is 18.2. The molecule has 1 spiro atoms. The number of anilines is 1. The number of nitrogens with one attached hydrogen (secondary N) is 2. The monoisotopic (exact) mass is 381 g/mol.